The Kier molecular flexibility index (Phi) is 5.84. The lowest BCUT2D eigenvalue weighted by Gasteiger charge is -2.27. The zero-order valence-corrected chi connectivity index (χ0v) is 15.7. The molecule has 1 heterocycles. The molecule has 0 bridgehead atoms. The summed E-state index contributed by atoms with van der Waals surface area (Å²) in [6, 6.07) is 13.5. The molecule has 4 nitrogen and oxygen atoms in total. The first-order valence-electron chi connectivity index (χ1n) is 9.36. The van der Waals surface area contributed by atoms with Gasteiger partial charge in [0.1, 0.15) is 18.1 Å². The third kappa shape index (κ3) is 4.99. The van der Waals surface area contributed by atoms with E-state index in [-0.39, 0.29) is 0 Å². The molecule has 1 atom stereocenters. The van der Waals surface area contributed by atoms with Gasteiger partial charge in [-0.15, -0.1) is 0 Å². The SMILES string of the molecule is Cc1ccc(OC[C@]2(O)CCCN(Cc3ccc(O)cc3)CC2)c(C)c1. The first-order chi connectivity index (χ1) is 12.4. The highest BCUT2D eigenvalue weighted by Gasteiger charge is 2.31. The Bertz CT molecular complexity index is 729. The molecule has 2 aromatic rings. The second kappa shape index (κ2) is 8.11. The van der Waals surface area contributed by atoms with Gasteiger partial charge in [-0.25, -0.2) is 0 Å². The van der Waals surface area contributed by atoms with E-state index in [4.69, 9.17) is 4.74 Å². The van der Waals surface area contributed by atoms with E-state index < -0.39 is 5.60 Å². The van der Waals surface area contributed by atoms with Crippen LogP contribution >= 0.6 is 0 Å². The van der Waals surface area contributed by atoms with Gasteiger partial charge >= 0.3 is 0 Å². The highest BCUT2D eigenvalue weighted by Crippen LogP contribution is 2.26. The fourth-order valence-corrected chi connectivity index (χ4v) is 3.57. The average Bonchev–Trinajstić information content (AvgIpc) is 2.78. The van der Waals surface area contributed by atoms with Crippen LogP contribution in [0.2, 0.25) is 0 Å². The van der Waals surface area contributed by atoms with E-state index in [1.807, 2.05) is 31.2 Å². The molecule has 3 rings (SSSR count). The third-order valence-corrected chi connectivity index (χ3v) is 5.18. The Hall–Kier alpha value is -2.04. The fourth-order valence-electron chi connectivity index (χ4n) is 3.57. The second-order valence-corrected chi connectivity index (χ2v) is 7.58. The Labute approximate surface area is 156 Å². The zero-order chi connectivity index (χ0) is 18.6. The largest absolute Gasteiger partial charge is 0.508 e. The van der Waals surface area contributed by atoms with E-state index in [0.29, 0.717) is 18.8 Å². The molecule has 4 heteroatoms. The molecule has 26 heavy (non-hydrogen) atoms. The predicted octanol–water partition coefficient (Wildman–Crippen LogP) is 3.81. The molecule has 0 spiro atoms. The van der Waals surface area contributed by atoms with E-state index in [9.17, 15) is 10.2 Å². The van der Waals surface area contributed by atoms with Gasteiger partial charge in [-0.1, -0.05) is 29.8 Å². The lowest BCUT2D eigenvalue weighted by atomic mass is 9.96. The van der Waals surface area contributed by atoms with Crippen LogP contribution in [0.25, 0.3) is 0 Å². The maximum absolute atomic E-state index is 11.0. The van der Waals surface area contributed by atoms with Gasteiger partial charge in [-0.05, 0) is 69.0 Å². The molecular weight excluding hydrogens is 326 g/mol. The number of nitrogens with zero attached hydrogens (tertiary/aromatic N) is 1. The first kappa shape index (κ1) is 18.7. The van der Waals surface area contributed by atoms with Crippen LogP contribution < -0.4 is 4.74 Å². The summed E-state index contributed by atoms with van der Waals surface area (Å²) >= 11 is 0. The molecule has 1 aliphatic heterocycles. The van der Waals surface area contributed by atoms with E-state index in [1.54, 1.807) is 12.1 Å². The normalized spacial score (nSPS) is 21.3. The summed E-state index contributed by atoms with van der Waals surface area (Å²) in [4.78, 5) is 2.36. The molecule has 0 amide bonds. The molecule has 1 aliphatic rings. The number of ether oxygens (including phenoxy) is 1. The van der Waals surface area contributed by atoms with Crippen molar-refractivity contribution in [3.63, 3.8) is 0 Å². The highest BCUT2D eigenvalue weighted by molar-refractivity contribution is 5.35. The van der Waals surface area contributed by atoms with Crippen molar-refractivity contribution in [3.8, 4) is 11.5 Å². The lowest BCUT2D eigenvalue weighted by Crippen LogP contribution is -2.37. The number of hydrogen-bond donors (Lipinski definition) is 2. The van der Waals surface area contributed by atoms with Crippen molar-refractivity contribution in [1.82, 2.24) is 4.90 Å². The highest BCUT2D eigenvalue weighted by atomic mass is 16.5. The summed E-state index contributed by atoms with van der Waals surface area (Å²) in [6.45, 7) is 7.09. The number of aliphatic hydroxyl groups is 1. The van der Waals surface area contributed by atoms with Crippen molar-refractivity contribution in [2.75, 3.05) is 19.7 Å². The Morgan fingerprint density at radius 1 is 1.04 bits per heavy atom. The van der Waals surface area contributed by atoms with Gasteiger partial charge in [0.2, 0.25) is 0 Å². The van der Waals surface area contributed by atoms with Gasteiger partial charge in [-0.3, -0.25) is 4.90 Å². The quantitative estimate of drug-likeness (QED) is 0.856. The van der Waals surface area contributed by atoms with Crippen LogP contribution in [0, 0.1) is 13.8 Å². The van der Waals surface area contributed by atoms with Gasteiger partial charge in [0.25, 0.3) is 0 Å². The van der Waals surface area contributed by atoms with Crippen molar-refractivity contribution in [2.24, 2.45) is 0 Å². The summed E-state index contributed by atoms with van der Waals surface area (Å²) in [7, 11) is 0. The molecule has 1 saturated heterocycles. The second-order valence-electron chi connectivity index (χ2n) is 7.58. The topological polar surface area (TPSA) is 52.9 Å². The lowest BCUT2D eigenvalue weighted by molar-refractivity contribution is -0.0170. The van der Waals surface area contributed by atoms with Crippen LogP contribution in [-0.2, 0) is 6.54 Å². The van der Waals surface area contributed by atoms with Crippen LogP contribution in [0.1, 0.15) is 36.0 Å². The maximum atomic E-state index is 11.0. The van der Waals surface area contributed by atoms with Gasteiger partial charge in [0, 0.05) is 13.1 Å². The number of phenols is 1. The monoisotopic (exact) mass is 355 g/mol. The summed E-state index contributed by atoms with van der Waals surface area (Å²) in [5.74, 6) is 1.15. The van der Waals surface area contributed by atoms with Crippen molar-refractivity contribution < 1.29 is 14.9 Å². The molecule has 0 saturated carbocycles. The number of rotatable bonds is 5. The van der Waals surface area contributed by atoms with Crippen LogP contribution in [0.4, 0.5) is 0 Å². The number of benzene rings is 2. The number of phenolic OH excluding ortho intramolecular Hbond substituents is 1. The molecule has 2 N–H and O–H groups in total. The minimum absolute atomic E-state index is 0.294. The van der Waals surface area contributed by atoms with Crippen molar-refractivity contribution in [3.05, 3.63) is 59.2 Å². The van der Waals surface area contributed by atoms with Crippen LogP contribution in [0.3, 0.4) is 0 Å². The van der Waals surface area contributed by atoms with E-state index in [2.05, 4.69) is 17.9 Å². The molecule has 0 aromatic heterocycles. The summed E-state index contributed by atoms with van der Waals surface area (Å²) in [5, 5.41) is 20.4. The molecule has 2 aromatic carbocycles. The standard InChI is InChI=1S/C22H29NO3/c1-17-4-9-21(18(2)14-17)26-16-22(25)10-3-12-23(13-11-22)15-19-5-7-20(24)8-6-19/h4-9,14,24-25H,3,10-13,15-16H2,1-2H3/t22-/m0/s1. The molecule has 1 fully saturated rings. The summed E-state index contributed by atoms with van der Waals surface area (Å²) < 4.78 is 5.96. The van der Waals surface area contributed by atoms with E-state index >= 15 is 0 Å². The summed E-state index contributed by atoms with van der Waals surface area (Å²) in [5.41, 5.74) is 2.73. The van der Waals surface area contributed by atoms with E-state index in [1.165, 1.54) is 11.1 Å². The Morgan fingerprint density at radius 3 is 2.54 bits per heavy atom. The van der Waals surface area contributed by atoms with Crippen LogP contribution in [0.15, 0.2) is 42.5 Å². The number of hydrogen-bond acceptors (Lipinski definition) is 4. The van der Waals surface area contributed by atoms with Gasteiger partial charge in [0.15, 0.2) is 0 Å². The molecule has 0 aliphatic carbocycles. The van der Waals surface area contributed by atoms with Crippen LogP contribution in [0.5, 0.6) is 11.5 Å². The van der Waals surface area contributed by atoms with E-state index in [0.717, 1.165) is 43.8 Å². The van der Waals surface area contributed by atoms with Crippen molar-refractivity contribution >= 4 is 0 Å². The van der Waals surface area contributed by atoms with Crippen molar-refractivity contribution in [1.29, 1.82) is 0 Å². The summed E-state index contributed by atoms with van der Waals surface area (Å²) in [6.07, 6.45) is 2.41. The third-order valence-electron chi connectivity index (χ3n) is 5.18. The molecule has 0 radical (unpaired) electrons. The Morgan fingerprint density at radius 2 is 1.81 bits per heavy atom. The van der Waals surface area contributed by atoms with Gasteiger partial charge in [0.05, 0.1) is 5.60 Å². The fraction of sp³-hybridized carbons (Fsp3) is 0.455. The number of likely N-dealkylation sites (tertiary alicyclic amines) is 1. The zero-order valence-electron chi connectivity index (χ0n) is 15.7. The minimum atomic E-state index is -0.777. The first-order valence-corrected chi connectivity index (χ1v) is 9.36. The van der Waals surface area contributed by atoms with Crippen molar-refractivity contribution in [2.45, 2.75) is 45.3 Å². The molecule has 140 valence electrons. The van der Waals surface area contributed by atoms with Gasteiger partial charge in [-0.2, -0.15) is 0 Å². The smallest absolute Gasteiger partial charge is 0.122 e. The predicted molar refractivity (Wildman–Crippen MR) is 104 cm³/mol. The maximum Gasteiger partial charge on any atom is 0.122 e. The number of aryl methyl sites for hydroxylation is 2. The van der Waals surface area contributed by atoms with Gasteiger partial charge < -0.3 is 14.9 Å². The Balaban J connectivity index is 1.55. The average molecular weight is 355 g/mol. The molecule has 0 unspecified atom stereocenters. The van der Waals surface area contributed by atoms with Crippen LogP contribution in [-0.4, -0.2) is 40.4 Å². The molecular formula is C22H29NO3. The number of aromatic hydroxyl groups is 1. The minimum Gasteiger partial charge on any atom is -0.508 e.